The summed E-state index contributed by atoms with van der Waals surface area (Å²) in [5.74, 6) is 1.53. The van der Waals surface area contributed by atoms with Gasteiger partial charge in [0, 0.05) is 37.2 Å². The van der Waals surface area contributed by atoms with Gasteiger partial charge in [-0.05, 0) is 19.1 Å². The number of carbonyl (C=O) groups is 1. The van der Waals surface area contributed by atoms with E-state index in [9.17, 15) is 4.79 Å². The Balaban J connectivity index is 1.64. The number of nitrogens with zero attached hydrogens (tertiary/aromatic N) is 2. The van der Waals surface area contributed by atoms with E-state index in [1.807, 2.05) is 13.0 Å². The molecule has 0 aromatic carbocycles. The first-order valence-electron chi connectivity index (χ1n) is 7.60. The van der Waals surface area contributed by atoms with Crippen molar-refractivity contribution >= 4 is 11.7 Å². The fourth-order valence-electron chi connectivity index (χ4n) is 2.69. The molecule has 0 aliphatic carbocycles. The molecule has 2 atom stereocenters. The molecule has 0 unspecified atom stereocenters. The van der Waals surface area contributed by atoms with Crippen LogP contribution in [-0.4, -0.2) is 42.4 Å². The van der Waals surface area contributed by atoms with Crippen LogP contribution >= 0.6 is 0 Å². The summed E-state index contributed by atoms with van der Waals surface area (Å²) in [5, 5.41) is 9.86. The van der Waals surface area contributed by atoms with Crippen molar-refractivity contribution in [3.05, 3.63) is 41.4 Å². The van der Waals surface area contributed by atoms with Crippen LogP contribution in [0.25, 0.3) is 0 Å². The molecule has 3 heterocycles. The lowest BCUT2D eigenvalue weighted by Gasteiger charge is -2.18. The lowest BCUT2D eigenvalue weighted by atomic mass is 9.98. The highest BCUT2D eigenvalue weighted by molar-refractivity contribution is 5.95. The third-order valence-electron chi connectivity index (χ3n) is 3.93. The highest BCUT2D eigenvalue weighted by atomic mass is 16.5. The van der Waals surface area contributed by atoms with Gasteiger partial charge < -0.3 is 19.9 Å². The van der Waals surface area contributed by atoms with Gasteiger partial charge in [-0.25, -0.2) is 4.98 Å². The van der Waals surface area contributed by atoms with Gasteiger partial charge in [-0.2, -0.15) is 0 Å². The minimum atomic E-state index is -0.127. The summed E-state index contributed by atoms with van der Waals surface area (Å²) >= 11 is 0. The zero-order valence-corrected chi connectivity index (χ0v) is 13.2. The topological polar surface area (TPSA) is 89.3 Å². The van der Waals surface area contributed by atoms with Crippen molar-refractivity contribution in [1.29, 1.82) is 0 Å². The van der Waals surface area contributed by atoms with E-state index in [1.54, 1.807) is 25.4 Å². The minimum Gasteiger partial charge on any atom is -0.379 e. The van der Waals surface area contributed by atoms with Crippen LogP contribution in [-0.2, 0) is 11.2 Å². The molecular weight excluding hydrogens is 296 g/mol. The number of nitrogens with one attached hydrogen (secondary N) is 2. The monoisotopic (exact) mass is 316 g/mol. The number of aromatic nitrogens is 2. The SMILES string of the molecule is CNc1cc(C(=O)N[C@H]2COC[C@H]2Cc2cc(C)no2)ccn1. The molecule has 1 fully saturated rings. The molecule has 2 aromatic rings. The number of hydrogen-bond acceptors (Lipinski definition) is 6. The highest BCUT2D eigenvalue weighted by Crippen LogP contribution is 2.20. The summed E-state index contributed by atoms with van der Waals surface area (Å²) in [4.78, 5) is 16.5. The van der Waals surface area contributed by atoms with Crippen molar-refractivity contribution in [3.63, 3.8) is 0 Å². The third-order valence-corrected chi connectivity index (χ3v) is 3.93. The Morgan fingerprint density at radius 3 is 3.00 bits per heavy atom. The molecule has 7 nitrogen and oxygen atoms in total. The summed E-state index contributed by atoms with van der Waals surface area (Å²) in [6.45, 7) is 3.00. The third kappa shape index (κ3) is 3.68. The Labute approximate surface area is 134 Å². The normalized spacial score (nSPS) is 20.4. The van der Waals surface area contributed by atoms with Crippen molar-refractivity contribution in [1.82, 2.24) is 15.5 Å². The quantitative estimate of drug-likeness (QED) is 0.867. The largest absolute Gasteiger partial charge is 0.379 e. The Morgan fingerprint density at radius 1 is 1.39 bits per heavy atom. The van der Waals surface area contributed by atoms with Crippen molar-refractivity contribution in [2.24, 2.45) is 5.92 Å². The second kappa shape index (κ2) is 6.78. The van der Waals surface area contributed by atoms with E-state index in [0.29, 0.717) is 31.0 Å². The zero-order valence-electron chi connectivity index (χ0n) is 13.2. The average Bonchev–Trinajstić information content (AvgIpc) is 3.17. The van der Waals surface area contributed by atoms with E-state index >= 15 is 0 Å². The number of hydrogen-bond donors (Lipinski definition) is 2. The number of pyridine rings is 1. The molecule has 2 N–H and O–H groups in total. The van der Waals surface area contributed by atoms with E-state index < -0.39 is 0 Å². The summed E-state index contributed by atoms with van der Waals surface area (Å²) in [5.41, 5.74) is 1.43. The van der Waals surface area contributed by atoms with E-state index in [2.05, 4.69) is 20.8 Å². The average molecular weight is 316 g/mol. The van der Waals surface area contributed by atoms with Crippen LogP contribution in [0.3, 0.4) is 0 Å². The Bertz CT molecular complexity index is 685. The number of anilines is 1. The highest BCUT2D eigenvalue weighted by Gasteiger charge is 2.31. The molecule has 122 valence electrons. The van der Waals surface area contributed by atoms with Crippen LogP contribution in [0.4, 0.5) is 5.82 Å². The Hall–Kier alpha value is -2.41. The first-order chi connectivity index (χ1) is 11.2. The maximum atomic E-state index is 12.4. The Kier molecular flexibility index (Phi) is 4.57. The van der Waals surface area contributed by atoms with Gasteiger partial charge in [-0.3, -0.25) is 4.79 Å². The molecule has 23 heavy (non-hydrogen) atoms. The van der Waals surface area contributed by atoms with Crippen LogP contribution in [0.1, 0.15) is 21.8 Å². The number of rotatable bonds is 5. The van der Waals surface area contributed by atoms with E-state index in [1.165, 1.54) is 0 Å². The first-order valence-corrected chi connectivity index (χ1v) is 7.60. The number of amides is 1. The summed E-state index contributed by atoms with van der Waals surface area (Å²) in [7, 11) is 1.77. The molecule has 0 saturated carbocycles. The van der Waals surface area contributed by atoms with Gasteiger partial charge in [-0.1, -0.05) is 5.16 Å². The predicted molar refractivity (Wildman–Crippen MR) is 84.3 cm³/mol. The molecule has 1 saturated heterocycles. The smallest absolute Gasteiger partial charge is 0.251 e. The lowest BCUT2D eigenvalue weighted by molar-refractivity contribution is 0.0924. The maximum absolute atomic E-state index is 12.4. The second-order valence-electron chi connectivity index (χ2n) is 5.70. The molecule has 0 spiro atoms. The van der Waals surface area contributed by atoms with E-state index in [4.69, 9.17) is 9.26 Å². The van der Waals surface area contributed by atoms with Gasteiger partial charge in [0.2, 0.25) is 0 Å². The fourth-order valence-corrected chi connectivity index (χ4v) is 2.69. The zero-order chi connectivity index (χ0) is 16.2. The lowest BCUT2D eigenvalue weighted by Crippen LogP contribution is -2.40. The van der Waals surface area contributed by atoms with Crippen LogP contribution < -0.4 is 10.6 Å². The van der Waals surface area contributed by atoms with Crippen LogP contribution in [0.2, 0.25) is 0 Å². The number of ether oxygens (including phenoxy) is 1. The van der Waals surface area contributed by atoms with Gasteiger partial charge in [0.05, 0.1) is 24.9 Å². The summed E-state index contributed by atoms with van der Waals surface area (Å²) in [6, 6.07) is 5.29. The van der Waals surface area contributed by atoms with Gasteiger partial charge in [0.1, 0.15) is 11.6 Å². The summed E-state index contributed by atoms with van der Waals surface area (Å²) < 4.78 is 10.8. The standard InChI is InChI=1S/C16H20N4O3/c1-10-5-13(23-20-10)6-12-8-22-9-14(12)19-16(21)11-3-4-18-15(7-11)17-2/h3-5,7,12,14H,6,8-9H2,1-2H3,(H,17,18)(H,19,21)/t12-,14+/m1/s1. The second-order valence-corrected chi connectivity index (χ2v) is 5.70. The molecule has 2 aromatic heterocycles. The van der Waals surface area contributed by atoms with Crippen LogP contribution in [0, 0.1) is 12.8 Å². The van der Waals surface area contributed by atoms with Gasteiger partial charge >= 0.3 is 0 Å². The van der Waals surface area contributed by atoms with Crippen molar-refractivity contribution in [3.8, 4) is 0 Å². The molecule has 0 bridgehead atoms. The molecule has 1 aliphatic rings. The maximum Gasteiger partial charge on any atom is 0.251 e. The van der Waals surface area contributed by atoms with Gasteiger partial charge in [0.25, 0.3) is 5.91 Å². The van der Waals surface area contributed by atoms with Gasteiger partial charge in [0.15, 0.2) is 0 Å². The first kappa shape index (κ1) is 15.5. The van der Waals surface area contributed by atoms with Crippen LogP contribution in [0.5, 0.6) is 0 Å². The fraction of sp³-hybridized carbons (Fsp3) is 0.438. The minimum absolute atomic E-state index is 0.0425. The van der Waals surface area contributed by atoms with Crippen molar-refractivity contribution < 1.29 is 14.1 Å². The molecule has 0 radical (unpaired) electrons. The number of aryl methyl sites for hydroxylation is 1. The van der Waals surface area contributed by atoms with Crippen molar-refractivity contribution in [2.45, 2.75) is 19.4 Å². The van der Waals surface area contributed by atoms with Crippen molar-refractivity contribution in [2.75, 3.05) is 25.6 Å². The van der Waals surface area contributed by atoms with E-state index in [-0.39, 0.29) is 17.9 Å². The van der Waals surface area contributed by atoms with Gasteiger partial charge in [-0.15, -0.1) is 0 Å². The molecule has 1 aliphatic heterocycles. The molecular formula is C16H20N4O3. The predicted octanol–water partition coefficient (Wildman–Crippen LogP) is 1.41. The van der Waals surface area contributed by atoms with E-state index in [0.717, 1.165) is 11.5 Å². The Morgan fingerprint density at radius 2 is 2.26 bits per heavy atom. The van der Waals surface area contributed by atoms with Crippen LogP contribution in [0.15, 0.2) is 28.9 Å². The number of carbonyl (C=O) groups excluding carboxylic acids is 1. The molecule has 1 amide bonds. The molecule has 3 rings (SSSR count). The molecule has 7 heteroatoms. The summed E-state index contributed by atoms with van der Waals surface area (Å²) in [6.07, 6.45) is 2.31.